The molecule has 0 aliphatic carbocycles. The van der Waals surface area contributed by atoms with Gasteiger partial charge in [0.05, 0.1) is 22.3 Å². The molecule has 164 valence electrons. The first-order chi connectivity index (χ1) is 15.4. The molecule has 0 unspecified atom stereocenters. The number of halogens is 3. The summed E-state index contributed by atoms with van der Waals surface area (Å²) in [4.78, 5) is 4.36. The molecule has 32 heavy (non-hydrogen) atoms. The quantitative estimate of drug-likeness (QED) is 0.264. The van der Waals surface area contributed by atoms with E-state index in [0.29, 0.717) is 44.9 Å². The zero-order chi connectivity index (χ0) is 23.1. The van der Waals surface area contributed by atoms with Crippen molar-refractivity contribution in [2.45, 2.75) is 20.1 Å². The van der Waals surface area contributed by atoms with Crippen molar-refractivity contribution in [1.82, 2.24) is 4.98 Å². The predicted molar refractivity (Wildman–Crippen MR) is 131 cm³/mol. The van der Waals surface area contributed by atoms with Crippen molar-refractivity contribution in [3.8, 4) is 11.8 Å². The second-order valence-corrected chi connectivity index (χ2v) is 8.49. The number of nitrogens with zero attached hydrogens (tertiary/aromatic N) is 3. The molecule has 3 rings (SSSR count). The zero-order valence-corrected chi connectivity index (χ0v) is 20.4. The SMILES string of the molecule is COCc1cc(C)nc(N/N=C/c2cc(Cl)c(OCc3ccc(Cl)cc3)c(Br)c2)c1C#N. The van der Waals surface area contributed by atoms with Crippen LogP contribution in [0.2, 0.25) is 10.0 Å². The van der Waals surface area contributed by atoms with Crippen LogP contribution in [-0.2, 0) is 18.0 Å². The number of hydrogen-bond donors (Lipinski definition) is 1. The van der Waals surface area contributed by atoms with E-state index in [9.17, 15) is 5.26 Å². The molecule has 6 nitrogen and oxygen atoms in total. The summed E-state index contributed by atoms with van der Waals surface area (Å²) in [5, 5.41) is 14.8. The van der Waals surface area contributed by atoms with E-state index >= 15 is 0 Å². The van der Waals surface area contributed by atoms with Gasteiger partial charge in [-0.3, -0.25) is 5.43 Å². The van der Waals surface area contributed by atoms with Gasteiger partial charge in [0.25, 0.3) is 0 Å². The summed E-state index contributed by atoms with van der Waals surface area (Å²) < 4.78 is 11.7. The molecular weight excluding hydrogens is 515 g/mol. The van der Waals surface area contributed by atoms with Gasteiger partial charge in [-0.1, -0.05) is 35.3 Å². The minimum atomic E-state index is 0.310. The van der Waals surface area contributed by atoms with Gasteiger partial charge in [-0.05, 0) is 64.3 Å². The number of anilines is 1. The van der Waals surface area contributed by atoms with Gasteiger partial charge in [-0.25, -0.2) is 4.98 Å². The van der Waals surface area contributed by atoms with Crippen LogP contribution in [0, 0.1) is 18.3 Å². The first-order valence-corrected chi connectivity index (χ1v) is 11.0. The number of aromatic nitrogens is 1. The minimum absolute atomic E-state index is 0.310. The lowest BCUT2D eigenvalue weighted by Crippen LogP contribution is -2.03. The van der Waals surface area contributed by atoms with Crippen molar-refractivity contribution < 1.29 is 9.47 Å². The highest BCUT2D eigenvalue weighted by atomic mass is 79.9. The Morgan fingerprint density at radius 1 is 1.19 bits per heavy atom. The predicted octanol–water partition coefficient (Wildman–Crippen LogP) is 6.50. The van der Waals surface area contributed by atoms with Crippen molar-refractivity contribution >= 4 is 51.2 Å². The van der Waals surface area contributed by atoms with Gasteiger partial charge in [0.15, 0.2) is 11.6 Å². The molecule has 1 aromatic heterocycles. The maximum absolute atomic E-state index is 9.50. The molecule has 2 aromatic carbocycles. The molecule has 1 heterocycles. The van der Waals surface area contributed by atoms with Crippen LogP contribution in [0.15, 0.2) is 52.0 Å². The Morgan fingerprint density at radius 3 is 2.59 bits per heavy atom. The van der Waals surface area contributed by atoms with Crippen LogP contribution in [-0.4, -0.2) is 18.3 Å². The first-order valence-electron chi connectivity index (χ1n) is 9.46. The van der Waals surface area contributed by atoms with Crippen LogP contribution < -0.4 is 10.2 Å². The summed E-state index contributed by atoms with van der Waals surface area (Å²) in [7, 11) is 1.58. The Hall–Kier alpha value is -2.63. The van der Waals surface area contributed by atoms with E-state index in [1.165, 1.54) is 0 Å². The van der Waals surface area contributed by atoms with Gasteiger partial charge in [-0.15, -0.1) is 0 Å². The number of pyridine rings is 1. The van der Waals surface area contributed by atoms with Crippen LogP contribution in [0.1, 0.15) is 27.9 Å². The Balaban J connectivity index is 1.73. The third-order valence-corrected chi connectivity index (χ3v) is 5.46. The number of methoxy groups -OCH3 is 1. The van der Waals surface area contributed by atoms with Crippen molar-refractivity contribution in [3.05, 3.63) is 84.9 Å². The lowest BCUT2D eigenvalue weighted by molar-refractivity contribution is 0.184. The first kappa shape index (κ1) is 24.0. The van der Waals surface area contributed by atoms with Gasteiger partial charge in [0.2, 0.25) is 0 Å². The Labute approximate surface area is 204 Å². The van der Waals surface area contributed by atoms with Crippen LogP contribution >= 0.6 is 39.1 Å². The second kappa shape index (κ2) is 11.3. The van der Waals surface area contributed by atoms with Crippen LogP contribution in [0.3, 0.4) is 0 Å². The fraction of sp³-hybridized carbons (Fsp3) is 0.174. The number of nitriles is 1. The van der Waals surface area contributed by atoms with E-state index in [-0.39, 0.29) is 0 Å². The molecule has 9 heteroatoms. The van der Waals surface area contributed by atoms with E-state index in [1.54, 1.807) is 19.4 Å². The van der Waals surface area contributed by atoms with Crippen molar-refractivity contribution in [2.75, 3.05) is 12.5 Å². The second-order valence-electron chi connectivity index (χ2n) is 6.79. The Kier molecular flexibility index (Phi) is 8.48. The van der Waals surface area contributed by atoms with Gasteiger partial charge >= 0.3 is 0 Å². The number of benzene rings is 2. The normalized spacial score (nSPS) is 10.9. The summed E-state index contributed by atoms with van der Waals surface area (Å²) in [6.45, 7) is 2.50. The third-order valence-electron chi connectivity index (χ3n) is 4.34. The van der Waals surface area contributed by atoms with E-state index in [2.05, 4.69) is 37.5 Å². The van der Waals surface area contributed by atoms with Gasteiger partial charge in [-0.2, -0.15) is 10.4 Å². The average Bonchev–Trinajstić information content (AvgIpc) is 2.74. The molecule has 0 spiro atoms. The lowest BCUT2D eigenvalue weighted by Gasteiger charge is -2.11. The molecule has 0 fully saturated rings. The number of hydrogen-bond acceptors (Lipinski definition) is 6. The van der Waals surface area contributed by atoms with Crippen LogP contribution in [0.4, 0.5) is 5.82 Å². The van der Waals surface area contributed by atoms with Gasteiger partial charge < -0.3 is 9.47 Å². The van der Waals surface area contributed by atoms with Gasteiger partial charge in [0, 0.05) is 23.4 Å². The zero-order valence-electron chi connectivity index (χ0n) is 17.3. The van der Waals surface area contributed by atoms with Crippen molar-refractivity contribution in [2.24, 2.45) is 5.10 Å². The molecule has 3 aromatic rings. The molecule has 1 N–H and O–H groups in total. The van der Waals surface area contributed by atoms with E-state index in [0.717, 1.165) is 22.4 Å². The fourth-order valence-electron chi connectivity index (χ4n) is 2.91. The highest BCUT2D eigenvalue weighted by Crippen LogP contribution is 2.34. The molecule has 0 aliphatic heterocycles. The number of ether oxygens (including phenoxy) is 2. The Bertz CT molecular complexity index is 1150. The third kappa shape index (κ3) is 6.21. The Morgan fingerprint density at radius 2 is 1.94 bits per heavy atom. The summed E-state index contributed by atoms with van der Waals surface area (Å²) >= 11 is 15.8. The fourth-order valence-corrected chi connectivity index (χ4v) is 4.03. The van der Waals surface area contributed by atoms with Crippen molar-refractivity contribution in [3.63, 3.8) is 0 Å². The number of nitrogens with one attached hydrogen (secondary N) is 1. The van der Waals surface area contributed by atoms with Crippen LogP contribution in [0.5, 0.6) is 5.75 Å². The molecule has 0 aliphatic rings. The van der Waals surface area contributed by atoms with E-state index in [1.807, 2.05) is 43.3 Å². The van der Waals surface area contributed by atoms with Gasteiger partial charge in [0.1, 0.15) is 18.2 Å². The molecule has 0 radical (unpaired) electrons. The number of rotatable bonds is 8. The summed E-state index contributed by atoms with van der Waals surface area (Å²) in [5.74, 6) is 0.895. The monoisotopic (exact) mass is 532 g/mol. The topological polar surface area (TPSA) is 79.5 Å². The molecular formula is C23H19BrCl2N4O2. The number of aryl methyl sites for hydroxylation is 1. The lowest BCUT2D eigenvalue weighted by atomic mass is 10.1. The van der Waals surface area contributed by atoms with E-state index in [4.69, 9.17) is 32.7 Å². The standard InChI is InChI=1S/C23H19BrCl2N4O2/c1-14-7-17(13-31-2)19(10-27)23(29-14)30-28-11-16-8-20(24)22(21(26)9-16)32-12-15-3-5-18(25)6-4-15/h3-9,11H,12-13H2,1-2H3,(H,29,30)/b28-11+. The highest BCUT2D eigenvalue weighted by Gasteiger charge is 2.12. The van der Waals surface area contributed by atoms with E-state index < -0.39 is 0 Å². The smallest absolute Gasteiger partial charge is 0.164 e. The van der Waals surface area contributed by atoms with Crippen LogP contribution in [0.25, 0.3) is 0 Å². The summed E-state index contributed by atoms with van der Waals surface area (Å²) in [5.41, 5.74) is 6.43. The average molecular weight is 534 g/mol. The summed E-state index contributed by atoms with van der Waals surface area (Å²) in [6.07, 6.45) is 1.58. The highest BCUT2D eigenvalue weighted by molar-refractivity contribution is 9.10. The molecule has 0 bridgehead atoms. The molecule has 0 saturated carbocycles. The summed E-state index contributed by atoms with van der Waals surface area (Å²) in [6, 6.07) is 14.9. The molecule has 0 atom stereocenters. The minimum Gasteiger partial charge on any atom is -0.486 e. The van der Waals surface area contributed by atoms with Crippen molar-refractivity contribution in [1.29, 1.82) is 5.26 Å². The largest absolute Gasteiger partial charge is 0.486 e. The maximum atomic E-state index is 9.50. The molecule has 0 saturated heterocycles. The maximum Gasteiger partial charge on any atom is 0.164 e. The number of hydrazone groups is 1. The molecule has 0 amide bonds.